The molecule has 0 fully saturated rings. The Morgan fingerprint density at radius 3 is 2.94 bits per heavy atom. The molecule has 0 amide bonds. The molecule has 2 atom stereocenters. The molecule has 0 aliphatic heterocycles. The molecule has 2 rings (SSSR count). The van der Waals surface area contributed by atoms with E-state index in [0.717, 1.165) is 12.0 Å². The third-order valence-corrected chi connectivity index (χ3v) is 3.30. The molecule has 0 aromatic carbocycles. The predicted octanol–water partition coefficient (Wildman–Crippen LogP) is 2.64. The Morgan fingerprint density at radius 1 is 1.56 bits per heavy atom. The van der Waals surface area contributed by atoms with Crippen molar-refractivity contribution in [1.29, 1.82) is 0 Å². The van der Waals surface area contributed by atoms with Crippen LogP contribution in [0.15, 0.2) is 21.3 Å². The first-order valence-electron chi connectivity index (χ1n) is 5.34. The van der Waals surface area contributed by atoms with Gasteiger partial charge in [-0.2, -0.15) is 16.3 Å². The van der Waals surface area contributed by atoms with Crippen molar-refractivity contribution in [2.24, 2.45) is 5.73 Å². The maximum Gasteiger partial charge on any atom is 0.231 e. The van der Waals surface area contributed by atoms with Gasteiger partial charge >= 0.3 is 0 Å². The zero-order chi connectivity index (χ0) is 11.5. The summed E-state index contributed by atoms with van der Waals surface area (Å²) in [5.74, 6) is 1.42. The lowest BCUT2D eigenvalue weighted by Gasteiger charge is -2.13. The molecule has 5 heteroatoms. The quantitative estimate of drug-likeness (QED) is 0.887. The van der Waals surface area contributed by atoms with Gasteiger partial charge in [0, 0.05) is 17.0 Å². The second-order valence-electron chi connectivity index (χ2n) is 3.84. The van der Waals surface area contributed by atoms with Gasteiger partial charge in [0.05, 0.1) is 5.92 Å². The fourth-order valence-corrected chi connectivity index (χ4v) is 2.30. The number of thiophene rings is 1. The largest absolute Gasteiger partial charge is 0.339 e. The summed E-state index contributed by atoms with van der Waals surface area (Å²) in [4.78, 5) is 4.39. The van der Waals surface area contributed by atoms with E-state index < -0.39 is 0 Å². The number of hydrogen-bond donors (Lipinski definition) is 1. The molecule has 0 aliphatic rings. The molecule has 2 aromatic rings. The molecular formula is C11H15N3OS. The normalized spacial score (nSPS) is 14.9. The number of nitrogens with two attached hydrogens (primary N) is 1. The predicted molar refractivity (Wildman–Crippen MR) is 64.3 cm³/mol. The Hall–Kier alpha value is -1.20. The molecule has 16 heavy (non-hydrogen) atoms. The van der Waals surface area contributed by atoms with E-state index in [1.165, 1.54) is 0 Å². The van der Waals surface area contributed by atoms with Crippen molar-refractivity contribution < 1.29 is 4.52 Å². The van der Waals surface area contributed by atoms with Crippen LogP contribution in [-0.4, -0.2) is 16.2 Å². The van der Waals surface area contributed by atoms with Crippen LogP contribution in [0.2, 0.25) is 0 Å². The van der Waals surface area contributed by atoms with Gasteiger partial charge in [-0.3, -0.25) is 0 Å². The van der Waals surface area contributed by atoms with Gasteiger partial charge in [-0.05, 0) is 24.8 Å². The second kappa shape index (κ2) is 4.76. The Bertz CT molecular complexity index is 436. The van der Waals surface area contributed by atoms with Crippen LogP contribution in [0.1, 0.15) is 32.1 Å². The topological polar surface area (TPSA) is 64.9 Å². The van der Waals surface area contributed by atoms with Gasteiger partial charge in [0.1, 0.15) is 0 Å². The summed E-state index contributed by atoms with van der Waals surface area (Å²) in [5.41, 5.74) is 6.88. The van der Waals surface area contributed by atoms with Gasteiger partial charge in [-0.25, -0.2) is 0 Å². The van der Waals surface area contributed by atoms with E-state index in [1.807, 2.05) is 23.8 Å². The van der Waals surface area contributed by atoms with Gasteiger partial charge in [-0.15, -0.1) is 0 Å². The standard InChI is InChI=1S/C11H15N3OS/c1-3-9(7(2)12)11-13-10(14-15-11)8-4-5-16-6-8/h4-7,9H,3,12H2,1-2H3. The van der Waals surface area contributed by atoms with Gasteiger partial charge in [0.25, 0.3) is 0 Å². The van der Waals surface area contributed by atoms with Crippen LogP contribution in [-0.2, 0) is 0 Å². The lowest BCUT2D eigenvalue weighted by molar-refractivity contribution is 0.334. The summed E-state index contributed by atoms with van der Waals surface area (Å²) in [5, 5.41) is 7.97. The minimum atomic E-state index is 0.0285. The van der Waals surface area contributed by atoms with Crippen LogP contribution in [0.25, 0.3) is 11.4 Å². The summed E-state index contributed by atoms with van der Waals surface area (Å²) in [6.45, 7) is 4.03. The SMILES string of the molecule is CCC(c1nc(-c2ccsc2)no1)C(C)N. The first kappa shape index (κ1) is 11.3. The van der Waals surface area contributed by atoms with Crippen molar-refractivity contribution in [2.45, 2.75) is 32.2 Å². The van der Waals surface area contributed by atoms with E-state index >= 15 is 0 Å². The Morgan fingerprint density at radius 2 is 2.38 bits per heavy atom. The average Bonchev–Trinajstić information content (AvgIpc) is 2.86. The average molecular weight is 237 g/mol. The highest BCUT2D eigenvalue weighted by Crippen LogP contribution is 2.24. The fraction of sp³-hybridized carbons (Fsp3) is 0.455. The van der Waals surface area contributed by atoms with E-state index in [-0.39, 0.29) is 12.0 Å². The van der Waals surface area contributed by atoms with Crippen LogP contribution in [0.3, 0.4) is 0 Å². The molecule has 2 unspecified atom stereocenters. The fourth-order valence-electron chi connectivity index (χ4n) is 1.67. The smallest absolute Gasteiger partial charge is 0.231 e. The zero-order valence-corrected chi connectivity index (χ0v) is 10.2. The van der Waals surface area contributed by atoms with E-state index in [4.69, 9.17) is 10.3 Å². The minimum absolute atomic E-state index is 0.0285. The van der Waals surface area contributed by atoms with E-state index in [1.54, 1.807) is 11.3 Å². The molecule has 86 valence electrons. The third-order valence-electron chi connectivity index (χ3n) is 2.61. The molecule has 2 heterocycles. The summed E-state index contributed by atoms with van der Waals surface area (Å²) in [7, 11) is 0. The molecule has 0 bridgehead atoms. The van der Waals surface area contributed by atoms with Gasteiger partial charge in [0.2, 0.25) is 11.7 Å². The van der Waals surface area contributed by atoms with E-state index in [2.05, 4.69) is 17.1 Å². The number of hydrogen-bond acceptors (Lipinski definition) is 5. The monoisotopic (exact) mass is 237 g/mol. The van der Waals surface area contributed by atoms with Crippen molar-refractivity contribution in [3.8, 4) is 11.4 Å². The Balaban J connectivity index is 2.25. The van der Waals surface area contributed by atoms with Gasteiger partial charge < -0.3 is 10.3 Å². The molecule has 0 radical (unpaired) electrons. The molecule has 4 nitrogen and oxygen atoms in total. The summed E-state index contributed by atoms with van der Waals surface area (Å²) >= 11 is 1.62. The van der Waals surface area contributed by atoms with Gasteiger partial charge in [0.15, 0.2) is 0 Å². The molecule has 2 aromatic heterocycles. The molecule has 2 N–H and O–H groups in total. The number of aromatic nitrogens is 2. The maximum absolute atomic E-state index is 5.88. The van der Waals surface area contributed by atoms with Gasteiger partial charge in [-0.1, -0.05) is 12.1 Å². The van der Waals surface area contributed by atoms with Crippen molar-refractivity contribution in [2.75, 3.05) is 0 Å². The summed E-state index contributed by atoms with van der Waals surface area (Å²) in [6, 6.07) is 2.01. The lowest BCUT2D eigenvalue weighted by Crippen LogP contribution is -2.24. The van der Waals surface area contributed by atoms with Crippen LogP contribution in [0, 0.1) is 0 Å². The maximum atomic E-state index is 5.88. The van der Waals surface area contributed by atoms with Crippen LogP contribution >= 0.6 is 11.3 Å². The summed E-state index contributed by atoms with van der Waals surface area (Å²) < 4.78 is 5.27. The second-order valence-corrected chi connectivity index (χ2v) is 4.62. The third kappa shape index (κ3) is 2.15. The van der Waals surface area contributed by atoms with Crippen LogP contribution in [0.4, 0.5) is 0 Å². The minimum Gasteiger partial charge on any atom is -0.339 e. The van der Waals surface area contributed by atoms with Crippen molar-refractivity contribution in [3.63, 3.8) is 0 Å². The first-order valence-corrected chi connectivity index (χ1v) is 6.28. The van der Waals surface area contributed by atoms with Crippen molar-refractivity contribution >= 4 is 11.3 Å². The summed E-state index contributed by atoms with van der Waals surface area (Å²) in [6.07, 6.45) is 0.906. The molecule has 0 saturated carbocycles. The van der Waals surface area contributed by atoms with E-state index in [0.29, 0.717) is 11.7 Å². The van der Waals surface area contributed by atoms with Crippen molar-refractivity contribution in [1.82, 2.24) is 10.1 Å². The molecule has 0 saturated heterocycles. The molecule has 0 spiro atoms. The van der Waals surface area contributed by atoms with E-state index in [9.17, 15) is 0 Å². The van der Waals surface area contributed by atoms with Crippen molar-refractivity contribution in [3.05, 3.63) is 22.7 Å². The number of rotatable bonds is 4. The highest BCUT2D eigenvalue weighted by atomic mass is 32.1. The Kier molecular flexibility index (Phi) is 3.36. The number of nitrogens with zero attached hydrogens (tertiary/aromatic N) is 2. The molecular weight excluding hydrogens is 222 g/mol. The van der Waals surface area contributed by atoms with Crippen LogP contribution in [0.5, 0.6) is 0 Å². The highest BCUT2D eigenvalue weighted by Gasteiger charge is 2.21. The first-order chi connectivity index (χ1) is 7.72. The molecule has 0 aliphatic carbocycles. The Labute approximate surface area is 98.5 Å². The van der Waals surface area contributed by atoms with Crippen LogP contribution < -0.4 is 5.73 Å². The highest BCUT2D eigenvalue weighted by molar-refractivity contribution is 7.08. The zero-order valence-electron chi connectivity index (χ0n) is 9.38. The lowest BCUT2D eigenvalue weighted by atomic mass is 9.99.